The van der Waals surface area contributed by atoms with E-state index in [9.17, 15) is 0 Å². The fourth-order valence-electron chi connectivity index (χ4n) is 1.82. The smallest absolute Gasteiger partial charge is 0.299 e. The zero-order valence-corrected chi connectivity index (χ0v) is 11.6. The van der Waals surface area contributed by atoms with E-state index in [1.807, 2.05) is 12.1 Å². The molecule has 0 aliphatic carbocycles. The molecule has 0 bridgehead atoms. The van der Waals surface area contributed by atoms with Crippen LogP contribution in [0.2, 0.25) is 0 Å². The average molecular weight is 263 g/mol. The van der Waals surface area contributed by atoms with Gasteiger partial charge in [-0.3, -0.25) is 0 Å². The highest BCUT2D eigenvalue weighted by Gasteiger charge is 2.08. The molecule has 0 spiro atoms. The molecule has 0 fully saturated rings. The van der Waals surface area contributed by atoms with E-state index in [4.69, 9.17) is 10.5 Å². The second kappa shape index (κ2) is 5.46. The third kappa shape index (κ3) is 2.86. The van der Waals surface area contributed by atoms with E-state index in [1.165, 1.54) is 22.5 Å². The van der Waals surface area contributed by atoms with Crippen molar-refractivity contribution in [2.45, 2.75) is 33.2 Å². The standard InChI is InChI=1S/C13H17N3OS/c1-8(2)11-5-4-10(6-9(11)3)17-13-16-15-12(7-14)18-13/h4-6,8H,7,14H2,1-3H3. The van der Waals surface area contributed by atoms with Crippen LogP contribution in [0.5, 0.6) is 10.9 Å². The van der Waals surface area contributed by atoms with Crippen molar-refractivity contribution < 1.29 is 4.74 Å². The van der Waals surface area contributed by atoms with Crippen LogP contribution in [0.4, 0.5) is 0 Å². The number of hydrogen-bond donors (Lipinski definition) is 1. The maximum atomic E-state index is 5.67. The van der Waals surface area contributed by atoms with Crippen molar-refractivity contribution >= 4 is 11.3 Å². The number of nitrogens with two attached hydrogens (primary N) is 1. The molecule has 0 atom stereocenters. The molecule has 0 unspecified atom stereocenters. The quantitative estimate of drug-likeness (QED) is 0.920. The maximum absolute atomic E-state index is 5.67. The lowest BCUT2D eigenvalue weighted by molar-refractivity contribution is 0.472. The Morgan fingerprint density at radius 3 is 2.67 bits per heavy atom. The minimum absolute atomic E-state index is 0.395. The summed E-state index contributed by atoms with van der Waals surface area (Å²) in [4.78, 5) is 0. The van der Waals surface area contributed by atoms with Crippen LogP contribution >= 0.6 is 11.3 Å². The van der Waals surface area contributed by atoms with Gasteiger partial charge in [-0.05, 0) is 36.1 Å². The van der Waals surface area contributed by atoms with Gasteiger partial charge in [-0.25, -0.2) is 0 Å². The molecular weight excluding hydrogens is 246 g/mol. The van der Waals surface area contributed by atoms with Gasteiger partial charge in [-0.1, -0.05) is 36.3 Å². The summed E-state index contributed by atoms with van der Waals surface area (Å²) in [6, 6.07) is 6.09. The molecule has 0 saturated carbocycles. The minimum atomic E-state index is 0.395. The van der Waals surface area contributed by atoms with Gasteiger partial charge < -0.3 is 10.5 Å². The van der Waals surface area contributed by atoms with Crippen molar-refractivity contribution in [2.75, 3.05) is 0 Å². The first kappa shape index (κ1) is 13.0. The van der Waals surface area contributed by atoms with Crippen LogP contribution in [-0.4, -0.2) is 10.2 Å². The molecule has 5 heteroatoms. The van der Waals surface area contributed by atoms with Gasteiger partial charge in [-0.2, -0.15) is 0 Å². The van der Waals surface area contributed by atoms with Crippen LogP contribution in [0.3, 0.4) is 0 Å². The number of rotatable bonds is 4. The van der Waals surface area contributed by atoms with Gasteiger partial charge in [0.15, 0.2) is 0 Å². The zero-order valence-electron chi connectivity index (χ0n) is 10.8. The molecule has 0 saturated heterocycles. The van der Waals surface area contributed by atoms with Crippen LogP contribution in [0.15, 0.2) is 18.2 Å². The summed E-state index contributed by atoms with van der Waals surface area (Å²) in [5.41, 5.74) is 8.05. The molecule has 18 heavy (non-hydrogen) atoms. The number of benzene rings is 1. The minimum Gasteiger partial charge on any atom is -0.430 e. The second-order valence-corrected chi connectivity index (χ2v) is 5.47. The van der Waals surface area contributed by atoms with Crippen LogP contribution < -0.4 is 10.5 Å². The Morgan fingerprint density at radius 2 is 2.11 bits per heavy atom. The molecule has 0 aliphatic heterocycles. The molecule has 1 aromatic carbocycles. The number of aryl methyl sites for hydroxylation is 1. The third-order valence-corrected chi connectivity index (χ3v) is 3.51. The second-order valence-electron chi connectivity index (χ2n) is 4.44. The largest absolute Gasteiger partial charge is 0.430 e. The van der Waals surface area contributed by atoms with Crippen LogP contribution in [0, 0.1) is 6.92 Å². The highest BCUT2D eigenvalue weighted by Crippen LogP contribution is 2.28. The summed E-state index contributed by atoms with van der Waals surface area (Å²) in [7, 11) is 0. The molecule has 1 heterocycles. The van der Waals surface area contributed by atoms with Crippen LogP contribution in [-0.2, 0) is 6.54 Å². The summed E-state index contributed by atoms with van der Waals surface area (Å²) in [6.45, 7) is 6.85. The molecule has 2 N–H and O–H groups in total. The SMILES string of the molecule is Cc1cc(Oc2nnc(CN)s2)ccc1C(C)C. The summed E-state index contributed by atoms with van der Waals surface area (Å²) >= 11 is 1.37. The Bertz CT molecular complexity index is 537. The zero-order chi connectivity index (χ0) is 13.1. The molecule has 2 aromatic rings. The Morgan fingerprint density at radius 1 is 1.33 bits per heavy atom. The highest BCUT2D eigenvalue weighted by atomic mass is 32.1. The number of nitrogens with zero attached hydrogens (tertiary/aromatic N) is 2. The number of ether oxygens (including phenoxy) is 1. The maximum Gasteiger partial charge on any atom is 0.299 e. The Balaban J connectivity index is 2.17. The average Bonchev–Trinajstić information content (AvgIpc) is 2.76. The number of hydrogen-bond acceptors (Lipinski definition) is 5. The van der Waals surface area contributed by atoms with E-state index >= 15 is 0 Å². The van der Waals surface area contributed by atoms with Crippen molar-refractivity contribution in [3.8, 4) is 10.9 Å². The summed E-state index contributed by atoms with van der Waals surface area (Å²) in [5, 5.41) is 9.17. The van der Waals surface area contributed by atoms with E-state index in [-0.39, 0.29) is 0 Å². The van der Waals surface area contributed by atoms with Gasteiger partial charge in [0.1, 0.15) is 10.8 Å². The van der Waals surface area contributed by atoms with Gasteiger partial charge in [0.25, 0.3) is 5.19 Å². The van der Waals surface area contributed by atoms with E-state index in [1.54, 1.807) is 0 Å². The molecule has 1 aromatic heterocycles. The Kier molecular flexibility index (Phi) is 3.93. The van der Waals surface area contributed by atoms with Crippen molar-refractivity contribution in [3.05, 3.63) is 34.3 Å². The fourth-order valence-corrected chi connectivity index (χ4v) is 2.41. The molecule has 2 rings (SSSR count). The summed E-state index contributed by atoms with van der Waals surface area (Å²) in [5.74, 6) is 1.31. The van der Waals surface area contributed by atoms with Crippen molar-refractivity contribution in [1.29, 1.82) is 0 Å². The highest BCUT2D eigenvalue weighted by molar-refractivity contribution is 7.13. The Labute approximate surface area is 111 Å². The van der Waals surface area contributed by atoms with E-state index < -0.39 is 0 Å². The van der Waals surface area contributed by atoms with E-state index in [2.05, 4.69) is 37.0 Å². The molecule has 4 nitrogen and oxygen atoms in total. The van der Waals surface area contributed by atoms with Crippen LogP contribution in [0.25, 0.3) is 0 Å². The third-order valence-electron chi connectivity index (χ3n) is 2.69. The van der Waals surface area contributed by atoms with E-state index in [0.29, 0.717) is 17.7 Å². The van der Waals surface area contributed by atoms with Gasteiger partial charge in [-0.15, -0.1) is 5.10 Å². The van der Waals surface area contributed by atoms with Gasteiger partial charge in [0.05, 0.1) is 0 Å². The van der Waals surface area contributed by atoms with Gasteiger partial charge in [0.2, 0.25) is 0 Å². The molecule has 0 aliphatic rings. The van der Waals surface area contributed by atoms with E-state index in [0.717, 1.165) is 10.8 Å². The molecule has 96 valence electrons. The lowest BCUT2D eigenvalue weighted by Gasteiger charge is -2.10. The fraction of sp³-hybridized carbons (Fsp3) is 0.385. The number of aromatic nitrogens is 2. The van der Waals surface area contributed by atoms with Crippen molar-refractivity contribution in [3.63, 3.8) is 0 Å². The van der Waals surface area contributed by atoms with Gasteiger partial charge >= 0.3 is 0 Å². The normalized spacial score (nSPS) is 10.9. The lowest BCUT2D eigenvalue weighted by Crippen LogP contribution is -1.94. The summed E-state index contributed by atoms with van der Waals surface area (Å²) in [6.07, 6.45) is 0. The lowest BCUT2D eigenvalue weighted by atomic mass is 9.98. The molecule has 0 radical (unpaired) electrons. The van der Waals surface area contributed by atoms with Crippen molar-refractivity contribution in [1.82, 2.24) is 10.2 Å². The molecular formula is C13H17N3OS. The predicted octanol–water partition coefficient (Wildman–Crippen LogP) is 3.22. The molecule has 0 amide bonds. The topological polar surface area (TPSA) is 61.0 Å². The van der Waals surface area contributed by atoms with Gasteiger partial charge in [0, 0.05) is 6.54 Å². The first-order chi connectivity index (χ1) is 8.60. The Hall–Kier alpha value is -1.46. The monoisotopic (exact) mass is 263 g/mol. The first-order valence-corrected chi connectivity index (χ1v) is 6.72. The van der Waals surface area contributed by atoms with Crippen LogP contribution in [0.1, 0.15) is 35.9 Å². The predicted molar refractivity (Wildman–Crippen MR) is 73.1 cm³/mol. The summed E-state index contributed by atoms with van der Waals surface area (Å²) < 4.78 is 5.67. The first-order valence-electron chi connectivity index (χ1n) is 5.91. The van der Waals surface area contributed by atoms with Crippen molar-refractivity contribution in [2.24, 2.45) is 5.73 Å².